The Balaban J connectivity index is 1.43. The summed E-state index contributed by atoms with van der Waals surface area (Å²) >= 11 is 1.52. The minimum Gasteiger partial charge on any atom is -0.373 e. The molecule has 0 radical (unpaired) electrons. The molecule has 0 amide bonds. The zero-order valence-corrected chi connectivity index (χ0v) is 18.8. The van der Waals surface area contributed by atoms with Gasteiger partial charge in [-0.2, -0.15) is 10.2 Å². The van der Waals surface area contributed by atoms with Crippen LogP contribution in [0.1, 0.15) is 65.7 Å². The van der Waals surface area contributed by atoms with Crippen molar-refractivity contribution in [2.75, 3.05) is 6.61 Å². The van der Waals surface area contributed by atoms with E-state index in [2.05, 4.69) is 10.2 Å². The number of benzene rings is 1. The lowest BCUT2D eigenvalue weighted by Gasteiger charge is -2.29. The number of nitrogens with zero attached hydrogens (tertiary/aromatic N) is 5. The summed E-state index contributed by atoms with van der Waals surface area (Å²) in [6.07, 6.45) is 5.25. The SMILES string of the molecule is Cc1cc([C@H]2C[C@H](c3nc(-c4ccc(F)cc4F)c4sc(C5CC5)nc4n3)CCO2)cnn1. The fourth-order valence-electron chi connectivity index (χ4n) is 4.34. The Bertz CT molecular complexity index is 1360. The number of aromatic nitrogens is 5. The van der Waals surface area contributed by atoms with Crippen LogP contribution in [-0.2, 0) is 4.74 Å². The first-order valence-corrected chi connectivity index (χ1v) is 11.9. The van der Waals surface area contributed by atoms with E-state index in [1.54, 1.807) is 6.20 Å². The summed E-state index contributed by atoms with van der Waals surface area (Å²) in [6, 6.07) is 5.59. The van der Waals surface area contributed by atoms with Gasteiger partial charge in [0.1, 0.15) is 22.2 Å². The Labute approximate surface area is 193 Å². The van der Waals surface area contributed by atoms with Gasteiger partial charge in [0.2, 0.25) is 0 Å². The highest BCUT2D eigenvalue weighted by Crippen LogP contribution is 2.45. The molecule has 0 unspecified atom stereocenters. The average Bonchev–Trinajstić information content (AvgIpc) is 3.57. The molecular weight excluding hydrogens is 444 g/mol. The van der Waals surface area contributed by atoms with Crippen LogP contribution in [0.25, 0.3) is 21.6 Å². The molecule has 2 aliphatic rings. The number of rotatable bonds is 4. The van der Waals surface area contributed by atoms with E-state index in [9.17, 15) is 8.78 Å². The van der Waals surface area contributed by atoms with E-state index in [-0.39, 0.29) is 17.6 Å². The standard InChI is InChI=1S/C24H21F2N5OS/c1-12-8-15(11-27-31-12)19-9-14(6-7-32-19)22-28-20(17-5-4-16(25)10-18(17)26)21-23(29-22)30-24(33-21)13-2-3-13/h4-5,8,10-11,13-14,19H,2-3,6-7,9H2,1H3/t14-,19-/m1/s1. The van der Waals surface area contributed by atoms with Crippen molar-refractivity contribution in [1.29, 1.82) is 0 Å². The highest BCUT2D eigenvalue weighted by Gasteiger charge is 2.31. The van der Waals surface area contributed by atoms with Crippen LogP contribution in [0.2, 0.25) is 0 Å². The Morgan fingerprint density at radius 2 is 1.91 bits per heavy atom. The lowest BCUT2D eigenvalue weighted by atomic mass is 9.91. The van der Waals surface area contributed by atoms with Crippen molar-refractivity contribution in [3.05, 3.63) is 64.2 Å². The Morgan fingerprint density at radius 3 is 2.70 bits per heavy atom. The van der Waals surface area contributed by atoms with Crippen molar-refractivity contribution in [2.45, 2.75) is 50.5 Å². The van der Waals surface area contributed by atoms with Gasteiger partial charge in [0.15, 0.2) is 5.65 Å². The third kappa shape index (κ3) is 4.00. The molecule has 3 aromatic heterocycles. The van der Waals surface area contributed by atoms with Gasteiger partial charge in [-0.3, -0.25) is 0 Å². The zero-order valence-electron chi connectivity index (χ0n) is 18.0. The number of ether oxygens (including phenoxy) is 1. The molecule has 1 saturated heterocycles. The van der Waals surface area contributed by atoms with Gasteiger partial charge in [-0.25, -0.2) is 23.7 Å². The molecule has 6 rings (SSSR count). The molecule has 0 N–H and O–H groups in total. The van der Waals surface area contributed by atoms with E-state index < -0.39 is 11.6 Å². The van der Waals surface area contributed by atoms with Gasteiger partial charge in [-0.1, -0.05) is 0 Å². The first-order chi connectivity index (χ1) is 16.0. The summed E-state index contributed by atoms with van der Waals surface area (Å²) < 4.78 is 35.1. The number of thiazole rings is 1. The molecule has 6 nitrogen and oxygen atoms in total. The predicted octanol–water partition coefficient (Wildman–Crippen LogP) is 5.64. The van der Waals surface area contributed by atoms with Crippen molar-refractivity contribution in [3.63, 3.8) is 0 Å². The highest BCUT2D eigenvalue weighted by atomic mass is 32.1. The largest absolute Gasteiger partial charge is 0.373 e. The third-order valence-corrected chi connectivity index (χ3v) is 7.43. The van der Waals surface area contributed by atoms with Gasteiger partial charge in [-0.05, 0) is 50.8 Å². The van der Waals surface area contributed by atoms with Crippen LogP contribution >= 0.6 is 11.3 Å². The van der Waals surface area contributed by atoms with Crippen molar-refractivity contribution in [3.8, 4) is 11.3 Å². The first kappa shape index (κ1) is 20.7. The first-order valence-electron chi connectivity index (χ1n) is 11.1. The lowest BCUT2D eigenvalue weighted by molar-refractivity contribution is 0.00370. The van der Waals surface area contributed by atoms with E-state index in [0.717, 1.165) is 46.3 Å². The number of hydrogen-bond acceptors (Lipinski definition) is 7. The van der Waals surface area contributed by atoms with Crippen LogP contribution in [0.15, 0.2) is 30.5 Å². The lowest BCUT2D eigenvalue weighted by Crippen LogP contribution is -2.21. The number of hydrogen-bond donors (Lipinski definition) is 0. The van der Waals surface area contributed by atoms with Gasteiger partial charge in [-0.15, -0.1) is 11.3 Å². The van der Waals surface area contributed by atoms with Crippen molar-refractivity contribution < 1.29 is 13.5 Å². The monoisotopic (exact) mass is 465 g/mol. The molecule has 1 saturated carbocycles. The molecule has 1 aliphatic carbocycles. The van der Waals surface area contributed by atoms with Crippen molar-refractivity contribution in [1.82, 2.24) is 25.1 Å². The maximum absolute atomic E-state index is 14.8. The molecule has 1 aliphatic heterocycles. The van der Waals surface area contributed by atoms with Crippen LogP contribution in [0, 0.1) is 18.6 Å². The molecule has 1 aromatic carbocycles. The fraction of sp³-hybridized carbons (Fsp3) is 0.375. The summed E-state index contributed by atoms with van der Waals surface area (Å²) in [4.78, 5) is 14.4. The minimum absolute atomic E-state index is 0.0231. The van der Waals surface area contributed by atoms with Crippen LogP contribution < -0.4 is 0 Å². The normalized spacial score (nSPS) is 20.9. The maximum atomic E-state index is 14.8. The molecule has 9 heteroatoms. The summed E-state index contributed by atoms with van der Waals surface area (Å²) in [7, 11) is 0. The van der Waals surface area contributed by atoms with E-state index in [1.165, 1.54) is 23.5 Å². The van der Waals surface area contributed by atoms with Gasteiger partial charge >= 0.3 is 0 Å². The number of fused-ring (bicyclic) bond motifs is 1. The molecule has 0 spiro atoms. The van der Waals surface area contributed by atoms with Crippen LogP contribution in [0.4, 0.5) is 8.78 Å². The zero-order chi connectivity index (χ0) is 22.5. The van der Waals surface area contributed by atoms with Crippen LogP contribution in [-0.4, -0.2) is 31.8 Å². The quantitative estimate of drug-likeness (QED) is 0.388. The summed E-state index contributed by atoms with van der Waals surface area (Å²) in [5.41, 5.74) is 3.16. The van der Waals surface area contributed by atoms with E-state index in [4.69, 9.17) is 19.7 Å². The number of halogens is 2. The van der Waals surface area contributed by atoms with E-state index >= 15 is 0 Å². The Kier molecular flexibility index (Phi) is 5.10. The van der Waals surface area contributed by atoms with Gasteiger partial charge < -0.3 is 4.74 Å². The third-order valence-electron chi connectivity index (χ3n) is 6.22. The molecule has 2 atom stereocenters. The van der Waals surface area contributed by atoms with Crippen molar-refractivity contribution in [2.24, 2.45) is 0 Å². The summed E-state index contributed by atoms with van der Waals surface area (Å²) in [6.45, 7) is 2.46. The van der Waals surface area contributed by atoms with E-state index in [0.29, 0.717) is 36.1 Å². The Hall–Kier alpha value is -2.91. The Morgan fingerprint density at radius 1 is 1.03 bits per heavy atom. The fourth-order valence-corrected chi connectivity index (χ4v) is 5.52. The smallest absolute Gasteiger partial charge is 0.174 e. The molecule has 4 aromatic rings. The second-order valence-corrected chi connectivity index (χ2v) is 9.78. The highest BCUT2D eigenvalue weighted by molar-refractivity contribution is 7.19. The summed E-state index contributed by atoms with van der Waals surface area (Å²) in [5, 5.41) is 9.10. The molecule has 33 heavy (non-hydrogen) atoms. The summed E-state index contributed by atoms with van der Waals surface area (Å²) in [5.74, 6) is -0.145. The minimum atomic E-state index is -0.634. The number of aryl methyl sites for hydroxylation is 1. The second-order valence-electron chi connectivity index (χ2n) is 8.74. The van der Waals surface area contributed by atoms with Gasteiger partial charge in [0, 0.05) is 35.6 Å². The van der Waals surface area contributed by atoms with Crippen LogP contribution in [0.5, 0.6) is 0 Å². The topological polar surface area (TPSA) is 73.7 Å². The molecule has 2 fully saturated rings. The van der Waals surface area contributed by atoms with Crippen molar-refractivity contribution >= 4 is 21.7 Å². The molecule has 168 valence electrons. The second kappa shape index (κ2) is 8.14. The molecule has 0 bridgehead atoms. The molecule has 4 heterocycles. The average molecular weight is 466 g/mol. The predicted molar refractivity (Wildman–Crippen MR) is 120 cm³/mol. The van der Waals surface area contributed by atoms with E-state index in [1.807, 2.05) is 13.0 Å². The van der Waals surface area contributed by atoms with Gasteiger partial charge in [0.25, 0.3) is 0 Å². The van der Waals surface area contributed by atoms with Gasteiger partial charge in [0.05, 0.1) is 28.7 Å². The van der Waals surface area contributed by atoms with Crippen LogP contribution in [0.3, 0.4) is 0 Å². The maximum Gasteiger partial charge on any atom is 0.174 e. The molecular formula is C24H21F2N5OS.